The molecule has 3 heteroatoms. The third kappa shape index (κ3) is 2.32. The fraction of sp³-hybridized carbons (Fsp3) is 0.417. The maximum Gasteiger partial charge on any atom is 0.0992 e. The van der Waals surface area contributed by atoms with Gasteiger partial charge in [0.05, 0.1) is 11.6 Å². The molecule has 1 unspecified atom stereocenters. The van der Waals surface area contributed by atoms with Crippen molar-refractivity contribution in [3.05, 3.63) is 28.2 Å². The first-order valence-electron chi connectivity index (χ1n) is 4.98. The van der Waals surface area contributed by atoms with Gasteiger partial charge in [0.15, 0.2) is 0 Å². The Kier molecular flexibility index (Phi) is 2.47. The van der Waals surface area contributed by atoms with Crippen LogP contribution in [-0.4, -0.2) is 6.04 Å². The molecule has 0 radical (unpaired) electrons. The number of anilines is 1. The van der Waals surface area contributed by atoms with Crippen LogP contribution < -0.4 is 5.32 Å². The minimum atomic E-state index is 0.398. The summed E-state index contributed by atoms with van der Waals surface area (Å²) in [6, 6.07) is 8.41. The highest BCUT2D eigenvalue weighted by Crippen LogP contribution is 2.46. The van der Waals surface area contributed by atoms with E-state index in [1.165, 1.54) is 6.42 Å². The van der Waals surface area contributed by atoms with E-state index in [-0.39, 0.29) is 0 Å². The van der Waals surface area contributed by atoms with Crippen molar-refractivity contribution in [2.24, 2.45) is 5.41 Å². The zero-order chi connectivity index (χ0) is 11.1. The number of nitrogens with one attached hydrogen (secondary N) is 1. The monoisotopic (exact) mass is 264 g/mol. The molecular weight excluding hydrogens is 252 g/mol. The second-order valence-electron chi connectivity index (χ2n) is 4.73. The Hall–Kier alpha value is -1.01. The van der Waals surface area contributed by atoms with E-state index >= 15 is 0 Å². The van der Waals surface area contributed by atoms with Crippen molar-refractivity contribution in [1.82, 2.24) is 0 Å². The molecule has 1 aliphatic carbocycles. The summed E-state index contributed by atoms with van der Waals surface area (Å²) in [5, 5.41) is 12.3. The van der Waals surface area contributed by atoms with Crippen LogP contribution in [0.5, 0.6) is 0 Å². The zero-order valence-electron chi connectivity index (χ0n) is 8.84. The minimum absolute atomic E-state index is 0.398. The number of halogens is 1. The lowest BCUT2D eigenvalue weighted by Gasteiger charge is -2.08. The number of rotatable bonds is 2. The summed E-state index contributed by atoms with van der Waals surface area (Å²) in [5.74, 6) is 0. The quantitative estimate of drug-likeness (QED) is 0.887. The first-order chi connectivity index (χ1) is 7.01. The van der Waals surface area contributed by atoms with Crippen molar-refractivity contribution in [3.63, 3.8) is 0 Å². The fourth-order valence-electron chi connectivity index (χ4n) is 1.65. The van der Waals surface area contributed by atoms with Gasteiger partial charge in [-0.15, -0.1) is 0 Å². The van der Waals surface area contributed by atoms with Crippen LogP contribution in [0.2, 0.25) is 0 Å². The van der Waals surface area contributed by atoms with Gasteiger partial charge in [0, 0.05) is 16.2 Å². The van der Waals surface area contributed by atoms with Gasteiger partial charge in [-0.3, -0.25) is 0 Å². The molecule has 1 atom stereocenters. The topological polar surface area (TPSA) is 35.8 Å². The summed E-state index contributed by atoms with van der Waals surface area (Å²) in [4.78, 5) is 0. The van der Waals surface area contributed by atoms with Gasteiger partial charge in [-0.2, -0.15) is 5.26 Å². The van der Waals surface area contributed by atoms with Crippen LogP contribution in [0, 0.1) is 16.7 Å². The third-order valence-electron chi connectivity index (χ3n) is 2.88. The van der Waals surface area contributed by atoms with Gasteiger partial charge in [0.1, 0.15) is 0 Å². The summed E-state index contributed by atoms with van der Waals surface area (Å²) in [6.45, 7) is 4.49. The molecule has 0 spiro atoms. The van der Waals surface area contributed by atoms with Gasteiger partial charge in [-0.05, 0) is 30.0 Å². The van der Waals surface area contributed by atoms with Crippen LogP contribution in [0.25, 0.3) is 0 Å². The van der Waals surface area contributed by atoms with E-state index in [0.717, 1.165) is 10.2 Å². The summed E-state index contributed by atoms with van der Waals surface area (Å²) in [7, 11) is 0. The number of hydrogen-bond donors (Lipinski definition) is 1. The van der Waals surface area contributed by atoms with E-state index in [0.29, 0.717) is 17.0 Å². The van der Waals surface area contributed by atoms with E-state index in [1.54, 1.807) is 0 Å². The van der Waals surface area contributed by atoms with Gasteiger partial charge in [0.25, 0.3) is 0 Å². The van der Waals surface area contributed by atoms with Crippen molar-refractivity contribution in [3.8, 4) is 6.07 Å². The van der Waals surface area contributed by atoms with Crippen LogP contribution in [0.15, 0.2) is 22.7 Å². The minimum Gasteiger partial charge on any atom is -0.382 e. The standard InChI is InChI=1S/C12H13BrN2/c1-12(2)6-11(12)15-10-4-8(7-14)3-9(13)5-10/h3-5,11,15H,6H2,1-2H3. The van der Waals surface area contributed by atoms with Crippen molar-refractivity contribution in [2.45, 2.75) is 26.3 Å². The van der Waals surface area contributed by atoms with E-state index in [4.69, 9.17) is 5.26 Å². The number of nitriles is 1. The Bertz CT molecular complexity index is 432. The maximum absolute atomic E-state index is 8.84. The fourth-order valence-corrected chi connectivity index (χ4v) is 2.15. The molecule has 2 rings (SSSR count). The predicted octanol–water partition coefficient (Wildman–Crippen LogP) is 3.53. The lowest BCUT2D eigenvalue weighted by Crippen LogP contribution is -2.08. The molecule has 0 amide bonds. The Balaban J connectivity index is 2.16. The number of benzene rings is 1. The lowest BCUT2D eigenvalue weighted by atomic mass is 10.1. The van der Waals surface area contributed by atoms with Gasteiger partial charge < -0.3 is 5.32 Å². The molecule has 2 nitrogen and oxygen atoms in total. The normalized spacial score (nSPS) is 21.9. The molecule has 0 aromatic heterocycles. The third-order valence-corrected chi connectivity index (χ3v) is 3.34. The van der Waals surface area contributed by atoms with Crippen LogP contribution in [-0.2, 0) is 0 Å². The Morgan fingerprint density at radius 2 is 2.13 bits per heavy atom. The Morgan fingerprint density at radius 1 is 1.47 bits per heavy atom. The van der Waals surface area contributed by atoms with Crippen molar-refractivity contribution in [2.75, 3.05) is 5.32 Å². The molecule has 1 aromatic rings. The predicted molar refractivity (Wildman–Crippen MR) is 64.7 cm³/mol. The Morgan fingerprint density at radius 3 is 2.67 bits per heavy atom. The highest BCUT2D eigenvalue weighted by atomic mass is 79.9. The summed E-state index contributed by atoms with van der Waals surface area (Å²) in [6.07, 6.45) is 1.20. The second kappa shape index (κ2) is 3.53. The van der Waals surface area contributed by atoms with Gasteiger partial charge in [0.2, 0.25) is 0 Å². The molecular formula is C12H13BrN2. The molecule has 1 aromatic carbocycles. The van der Waals surface area contributed by atoms with E-state index in [9.17, 15) is 0 Å². The highest BCUT2D eigenvalue weighted by molar-refractivity contribution is 9.10. The van der Waals surface area contributed by atoms with Crippen LogP contribution in [0.1, 0.15) is 25.8 Å². The molecule has 0 saturated heterocycles. The molecule has 0 aliphatic heterocycles. The first kappa shape index (κ1) is 10.5. The van der Waals surface area contributed by atoms with E-state index < -0.39 is 0 Å². The summed E-state index contributed by atoms with van der Waals surface area (Å²) < 4.78 is 0.947. The van der Waals surface area contributed by atoms with Gasteiger partial charge in [-0.1, -0.05) is 29.8 Å². The van der Waals surface area contributed by atoms with Crippen molar-refractivity contribution in [1.29, 1.82) is 5.26 Å². The summed E-state index contributed by atoms with van der Waals surface area (Å²) in [5.41, 5.74) is 2.11. The molecule has 0 bridgehead atoms. The maximum atomic E-state index is 8.84. The molecule has 1 N–H and O–H groups in total. The van der Waals surface area contributed by atoms with Crippen LogP contribution in [0.3, 0.4) is 0 Å². The number of nitrogens with zero attached hydrogens (tertiary/aromatic N) is 1. The summed E-state index contributed by atoms with van der Waals surface area (Å²) >= 11 is 3.40. The molecule has 1 aliphatic rings. The smallest absolute Gasteiger partial charge is 0.0992 e. The van der Waals surface area contributed by atoms with Crippen LogP contribution >= 0.6 is 15.9 Å². The average Bonchev–Trinajstić information content (AvgIpc) is 2.72. The van der Waals surface area contributed by atoms with Gasteiger partial charge in [-0.25, -0.2) is 0 Å². The van der Waals surface area contributed by atoms with Crippen molar-refractivity contribution >= 4 is 21.6 Å². The van der Waals surface area contributed by atoms with Crippen molar-refractivity contribution < 1.29 is 0 Å². The Labute approximate surface area is 98.4 Å². The molecule has 0 heterocycles. The van der Waals surface area contributed by atoms with Gasteiger partial charge >= 0.3 is 0 Å². The SMILES string of the molecule is CC1(C)CC1Nc1cc(Br)cc(C#N)c1. The van der Waals surface area contributed by atoms with E-state index in [1.807, 2.05) is 18.2 Å². The first-order valence-corrected chi connectivity index (χ1v) is 5.78. The second-order valence-corrected chi connectivity index (χ2v) is 5.65. The molecule has 78 valence electrons. The average molecular weight is 265 g/mol. The molecule has 1 saturated carbocycles. The lowest BCUT2D eigenvalue weighted by molar-refractivity contribution is 0.630. The largest absolute Gasteiger partial charge is 0.382 e. The van der Waals surface area contributed by atoms with E-state index in [2.05, 4.69) is 41.2 Å². The van der Waals surface area contributed by atoms with Crippen LogP contribution in [0.4, 0.5) is 5.69 Å². The zero-order valence-corrected chi connectivity index (χ0v) is 10.4. The molecule has 1 fully saturated rings. The highest BCUT2D eigenvalue weighted by Gasteiger charge is 2.45. The number of hydrogen-bond acceptors (Lipinski definition) is 2. The molecule has 15 heavy (non-hydrogen) atoms.